The zero-order chi connectivity index (χ0) is 27.5. The zero-order valence-corrected chi connectivity index (χ0v) is 19.3. The van der Waals surface area contributed by atoms with E-state index < -0.39 is 76.1 Å². The minimum Gasteiger partial charge on any atom is -0.481 e. The Balaban J connectivity index is 1.61. The van der Waals surface area contributed by atoms with Crippen molar-refractivity contribution in [1.82, 2.24) is 0 Å². The molecule has 0 radical (unpaired) electrons. The van der Waals surface area contributed by atoms with Crippen LogP contribution in [0.2, 0.25) is 0 Å². The molecule has 6 nitrogen and oxygen atoms in total. The van der Waals surface area contributed by atoms with Crippen LogP contribution in [0.5, 0.6) is 0 Å². The second-order valence-electron chi connectivity index (χ2n) is 7.85. The standard InChI is InChI=1S/C23H17F7N2O4S/c24-16-15(23(28,29)30)17(25)19(27)20(18(16)26)32-14(33)9-37-11-7-5-10(6-8-11)31-21(34)12-3-1-2-4-13(12)22(35)36/h1-2,5-8,12-13H,3-4,9H2,(H,31,34)(H,32,33)(H,35,36). The molecule has 1 aliphatic carbocycles. The van der Waals surface area contributed by atoms with Crippen molar-refractivity contribution in [1.29, 1.82) is 0 Å². The summed E-state index contributed by atoms with van der Waals surface area (Å²) in [6.07, 6.45) is -1.80. The molecule has 3 N–H and O–H groups in total. The molecule has 1 aliphatic rings. The Morgan fingerprint density at radius 3 is 1.92 bits per heavy atom. The molecule has 37 heavy (non-hydrogen) atoms. The van der Waals surface area contributed by atoms with Crippen LogP contribution in [0.25, 0.3) is 0 Å². The number of rotatable bonds is 7. The summed E-state index contributed by atoms with van der Waals surface area (Å²) in [6.45, 7) is 0. The summed E-state index contributed by atoms with van der Waals surface area (Å²) in [5.41, 5.74) is -4.11. The van der Waals surface area contributed by atoms with E-state index in [2.05, 4.69) is 5.32 Å². The fourth-order valence-electron chi connectivity index (χ4n) is 3.56. The monoisotopic (exact) mass is 550 g/mol. The molecule has 0 aliphatic heterocycles. The number of thioether (sulfide) groups is 1. The van der Waals surface area contributed by atoms with Gasteiger partial charge in [-0.1, -0.05) is 12.2 Å². The van der Waals surface area contributed by atoms with E-state index in [4.69, 9.17) is 0 Å². The van der Waals surface area contributed by atoms with Crippen LogP contribution in [0, 0.1) is 35.1 Å². The predicted molar refractivity (Wildman–Crippen MR) is 119 cm³/mol. The first kappa shape index (κ1) is 28.0. The van der Waals surface area contributed by atoms with Crippen LogP contribution in [-0.4, -0.2) is 28.6 Å². The quantitative estimate of drug-likeness (QED) is 0.181. The van der Waals surface area contributed by atoms with Crippen LogP contribution in [0.15, 0.2) is 41.3 Å². The third-order valence-corrected chi connectivity index (χ3v) is 6.40. The molecule has 0 spiro atoms. The number of halogens is 7. The Labute approximate surface area is 208 Å². The smallest absolute Gasteiger partial charge is 0.422 e. The molecular weight excluding hydrogens is 533 g/mol. The van der Waals surface area contributed by atoms with Gasteiger partial charge in [-0.2, -0.15) is 13.2 Å². The maximum absolute atomic E-state index is 13.9. The summed E-state index contributed by atoms with van der Waals surface area (Å²) in [7, 11) is 0. The average molecular weight is 550 g/mol. The average Bonchev–Trinajstić information content (AvgIpc) is 2.84. The number of benzene rings is 2. The number of carbonyl (C=O) groups is 3. The fraction of sp³-hybridized carbons (Fsp3) is 0.261. The van der Waals surface area contributed by atoms with Crippen LogP contribution in [0.1, 0.15) is 18.4 Å². The minimum absolute atomic E-state index is 0.227. The van der Waals surface area contributed by atoms with Crippen molar-refractivity contribution in [3.8, 4) is 0 Å². The van der Waals surface area contributed by atoms with Crippen molar-refractivity contribution < 1.29 is 50.2 Å². The highest BCUT2D eigenvalue weighted by molar-refractivity contribution is 8.00. The first-order valence-corrected chi connectivity index (χ1v) is 11.4. The number of aliphatic carboxylic acids is 1. The Hall–Kier alpha value is -3.55. The number of hydrogen-bond acceptors (Lipinski definition) is 4. The zero-order valence-electron chi connectivity index (χ0n) is 18.5. The van der Waals surface area contributed by atoms with Gasteiger partial charge in [-0.05, 0) is 37.1 Å². The summed E-state index contributed by atoms with van der Waals surface area (Å²) in [5.74, 6) is -15.1. The number of anilines is 2. The molecule has 3 rings (SSSR count). The van der Waals surface area contributed by atoms with Gasteiger partial charge in [0.25, 0.3) is 0 Å². The van der Waals surface area contributed by atoms with Crippen molar-refractivity contribution in [2.75, 3.05) is 16.4 Å². The van der Waals surface area contributed by atoms with Crippen LogP contribution in [-0.2, 0) is 20.6 Å². The number of carbonyl (C=O) groups excluding carboxylic acids is 2. The maximum atomic E-state index is 13.9. The number of allylic oxidation sites excluding steroid dienone is 2. The molecule has 2 unspecified atom stereocenters. The minimum atomic E-state index is -5.70. The summed E-state index contributed by atoms with van der Waals surface area (Å²) in [5, 5.41) is 13.4. The number of amides is 2. The van der Waals surface area contributed by atoms with Crippen molar-refractivity contribution in [2.24, 2.45) is 11.8 Å². The van der Waals surface area contributed by atoms with Crippen LogP contribution >= 0.6 is 11.8 Å². The second-order valence-corrected chi connectivity index (χ2v) is 8.90. The second kappa shape index (κ2) is 11.2. The topological polar surface area (TPSA) is 95.5 Å². The largest absolute Gasteiger partial charge is 0.481 e. The normalized spacial score (nSPS) is 17.4. The highest BCUT2D eigenvalue weighted by atomic mass is 32.2. The van der Waals surface area contributed by atoms with Crippen molar-refractivity contribution in [3.63, 3.8) is 0 Å². The van der Waals surface area contributed by atoms with Gasteiger partial charge in [0.15, 0.2) is 23.3 Å². The molecule has 2 amide bonds. The van der Waals surface area contributed by atoms with Crippen LogP contribution < -0.4 is 10.6 Å². The SMILES string of the molecule is O=C(CSc1ccc(NC(=O)C2CC=CCC2C(=O)O)cc1)Nc1c(F)c(F)c(C(F)(F)F)c(F)c1F. The molecule has 2 atom stereocenters. The third kappa shape index (κ3) is 6.42. The van der Waals surface area contributed by atoms with Gasteiger partial charge < -0.3 is 15.7 Å². The Morgan fingerprint density at radius 1 is 0.865 bits per heavy atom. The molecular formula is C23H17F7N2O4S. The first-order chi connectivity index (χ1) is 17.3. The van der Waals surface area contributed by atoms with Gasteiger partial charge in [-0.3, -0.25) is 14.4 Å². The third-order valence-electron chi connectivity index (χ3n) is 5.39. The van der Waals surface area contributed by atoms with Gasteiger partial charge in [-0.15, -0.1) is 11.8 Å². The van der Waals surface area contributed by atoms with E-state index >= 15 is 0 Å². The van der Waals surface area contributed by atoms with E-state index in [0.29, 0.717) is 10.6 Å². The van der Waals surface area contributed by atoms with E-state index in [1.54, 1.807) is 12.2 Å². The van der Waals surface area contributed by atoms with Gasteiger partial charge in [0.1, 0.15) is 11.3 Å². The van der Waals surface area contributed by atoms with E-state index in [0.717, 1.165) is 11.8 Å². The molecule has 0 bridgehead atoms. The van der Waals surface area contributed by atoms with Gasteiger partial charge in [0.2, 0.25) is 11.8 Å². The number of carboxylic acid groups (broad SMARTS) is 1. The molecule has 198 valence electrons. The van der Waals surface area contributed by atoms with Crippen LogP contribution in [0.4, 0.5) is 42.1 Å². The summed E-state index contributed by atoms with van der Waals surface area (Å²) in [6, 6.07) is 5.82. The van der Waals surface area contributed by atoms with E-state index in [9.17, 15) is 50.2 Å². The number of carboxylic acids is 1. The highest BCUT2D eigenvalue weighted by Gasteiger charge is 2.42. The maximum Gasteiger partial charge on any atom is 0.422 e. The Morgan fingerprint density at radius 2 is 1.41 bits per heavy atom. The lowest BCUT2D eigenvalue weighted by Crippen LogP contribution is -2.34. The highest BCUT2D eigenvalue weighted by Crippen LogP contribution is 2.38. The number of nitrogens with one attached hydrogen (secondary N) is 2. The summed E-state index contributed by atoms with van der Waals surface area (Å²) >= 11 is 0.811. The predicted octanol–water partition coefficient (Wildman–Crippen LogP) is 5.60. The fourth-order valence-corrected chi connectivity index (χ4v) is 4.26. The summed E-state index contributed by atoms with van der Waals surface area (Å²) in [4.78, 5) is 36.3. The first-order valence-electron chi connectivity index (χ1n) is 10.5. The molecule has 0 heterocycles. The van der Waals surface area contributed by atoms with Gasteiger partial charge in [0, 0.05) is 10.6 Å². The van der Waals surface area contributed by atoms with E-state index in [1.165, 1.54) is 29.6 Å². The molecule has 0 fully saturated rings. The lowest BCUT2D eigenvalue weighted by Gasteiger charge is -2.24. The number of hydrogen-bond donors (Lipinski definition) is 3. The van der Waals surface area contributed by atoms with Crippen molar-refractivity contribution in [3.05, 3.63) is 65.2 Å². The molecule has 14 heteroatoms. The van der Waals surface area contributed by atoms with Gasteiger partial charge in [-0.25, -0.2) is 17.6 Å². The molecule has 0 saturated carbocycles. The van der Waals surface area contributed by atoms with Crippen LogP contribution in [0.3, 0.4) is 0 Å². The van der Waals surface area contributed by atoms with Crippen molar-refractivity contribution >= 4 is 40.9 Å². The summed E-state index contributed by atoms with van der Waals surface area (Å²) < 4.78 is 93.2. The van der Waals surface area contributed by atoms with Gasteiger partial charge in [0.05, 0.1) is 17.6 Å². The molecule has 0 saturated heterocycles. The molecule has 2 aromatic carbocycles. The Bertz CT molecular complexity index is 1220. The van der Waals surface area contributed by atoms with Gasteiger partial charge >= 0.3 is 12.1 Å². The lowest BCUT2D eigenvalue weighted by atomic mass is 9.82. The van der Waals surface area contributed by atoms with Crippen molar-refractivity contribution in [2.45, 2.75) is 23.9 Å². The Kier molecular flexibility index (Phi) is 8.51. The number of alkyl halides is 3. The van der Waals surface area contributed by atoms with E-state index in [-0.39, 0.29) is 12.8 Å². The lowest BCUT2D eigenvalue weighted by molar-refractivity contribution is -0.146. The molecule has 0 aromatic heterocycles. The van der Waals surface area contributed by atoms with E-state index in [1.807, 2.05) is 0 Å². The molecule has 2 aromatic rings.